The summed E-state index contributed by atoms with van der Waals surface area (Å²) in [4.78, 5) is 30.5. The minimum atomic E-state index is -1.05. The maximum Gasteiger partial charge on any atom is 0.337 e. The van der Waals surface area contributed by atoms with Crippen LogP contribution in [-0.4, -0.2) is 33.4 Å². The van der Waals surface area contributed by atoms with Crippen LogP contribution in [0.4, 0.5) is 0 Å². The van der Waals surface area contributed by atoms with Crippen molar-refractivity contribution in [1.29, 1.82) is 0 Å². The largest absolute Gasteiger partial charge is 0.478 e. The van der Waals surface area contributed by atoms with Crippen LogP contribution in [0.1, 0.15) is 44.3 Å². The molecule has 1 atom stereocenters. The number of carboxylic acid groups (broad SMARTS) is 1. The number of carboxylic acids is 1. The number of nitrogens with zero attached hydrogens (tertiary/aromatic N) is 2. The molecular formula is C15H14N2O3S. The topological polar surface area (TPSA) is 70.5 Å². The van der Waals surface area contributed by atoms with Gasteiger partial charge in [0.2, 0.25) is 0 Å². The number of carbonyl (C=O) groups excluding carboxylic acids is 1. The average Bonchev–Trinajstić information content (AvgIpc) is 2.96. The molecule has 0 aromatic carbocycles. The molecule has 1 aliphatic heterocycles. The zero-order valence-corrected chi connectivity index (χ0v) is 12.3. The molecule has 5 nitrogen and oxygen atoms in total. The first kappa shape index (κ1) is 13.8. The maximum atomic E-state index is 12.5. The Hall–Kier alpha value is -2.21. The molecule has 3 heterocycles. The van der Waals surface area contributed by atoms with Gasteiger partial charge in [-0.1, -0.05) is 0 Å². The molecule has 3 rings (SSSR count). The summed E-state index contributed by atoms with van der Waals surface area (Å²) in [5.41, 5.74) is 1.56. The van der Waals surface area contributed by atoms with Gasteiger partial charge in [0, 0.05) is 17.6 Å². The molecule has 1 unspecified atom stereocenters. The van der Waals surface area contributed by atoms with Crippen molar-refractivity contribution in [2.24, 2.45) is 0 Å². The van der Waals surface area contributed by atoms with Gasteiger partial charge >= 0.3 is 5.97 Å². The molecule has 1 N–H and O–H groups in total. The van der Waals surface area contributed by atoms with E-state index < -0.39 is 5.97 Å². The van der Waals surface area contributed by atoms with E-state index in [4.69, 9.17) is 5.11 Å². The predicted molar refractivity (Wildman–Crippen MR) is 78.7 cm³/mol. The molecule has 0 radical (unpaired) electrons. The molecule has 0 bridgehead atoms. The molecule has 1 aliphatic rings. The van der Waals surface area contributed by atoms with Crippen LogP contribution in [0.15, 0.2) is 29.8 Å². The highest BCUT2D eigenvalue weighted by Crippen LogP contribution is 2.33. The molecule has 6 heteroatoms. The summed E-state index contributed by atoms with van der Waals surface area (Å²) in [7, 11) is 0. The fraction of sp³-hybridized carbons (Fsp3) is 0.267. The van der Waals surface area contributed by atoms with Crippen molar-refractivity contribution in [2.75, 3.05) is 6.54 Å². The molecule has 0 saturated heterocycles. The van der Waals surface area contributed by atoms with Crippen molar-refractivity contribution in [3.05, 3.63) is 51.5 Å². The Labute approximate surface area is 125 Å². The van der Waals surface area contributed by atoms with Crippen molar-refractivity contribution < 1.29 is 14.7 Å². The summed E-state index contributed by atoms with van der Waals surface area (Å²) in [6.07, 6.45) is 2.08. The van der Waals surface area contributed by atoms with E-state index in [1.165, 1.54) is 28.8 Å². The predicted octanol–water partition coefficient (Wildman–Crippen LogP) is 2.60. The summed E-state index contributed by atoms with van der Waals surface area (Å²) in [6, 6.07) is 4.97. The van der Waals surface area contributed by atoms with Crippen molar-refractivity contribution >= 4 is 23.2 Å². The lowest BCUT2D eigenvalue weighted by Gasteiger charge is -2.33. The molecule has 108 valence electrons. The lowest BCUT2D eigenvalue weighted by atomic mass is 10.0. The number of hydrogen-bond donors (Lipinski definition) is 1. The van der Waals surface area contributed by atoms with Gasteiger partial charge < -0.3 is 10.0 Å². The normalized spacial score (nSPS) is 17.4. The lowest BCUT2D eigenvalue weighted by molar-refractivity contribution is 0.0665. The van der Waals surface area contributed by atoms with E-state index in [9.17, 15) is 9.59 Å². The van der Waals surface area contributed by atoms with Crippen molar-refractivity contribution in [2.45, 2.75) is 19.4 Å². The number of thiophene rings is 1. The summed E-state index contributed by atoms with van der Waals surface area (Å²) in [5.74, 6) is -1.20. The van der Waals surface area contributed by atoms with Crippen LogP contribution >= 0.6 is 11.3 Å². The number of carbonyl (C=O) groups is 2. The van der Waals surface area contributed by atoms with Crippen LogP contribution in [0.5, 0.6) is 0 Å². The van der Waals surface area contributed by atoms with E-state index in [-0.39, 0.29) is 23.2 Å². The minimum absolute atomic E-state index is 0.0217. The van der Waals surface area contributed by atoms with Crippen LogP contribution in [0, 0.1) is 0 Å². The molecule has 2 aromatic rings. The van der Waals surface area contributed by atoms with E-state index in [0.717, 1.165) is 6.42 Å². The molecule has 21 heavy (non-hydrogen) atoms. The molecular weight excluding hydrogens is 288 g/mol. The van der Waals surface area contributed by atoms with Crippen LogP contribution < -0.4 is 0 Å². The second kappa shape index (κ2) is 5.29. The maximum absolute atomic E-state index is 12.5. The zero-order chi connectivity index (χ0) is 15.0. The average molecular weight is 302 g/mol. The van der Waals surface area contributed by atoms with Gasteiger partial charge in [-0.15, -0.1) is 11.3 Å². The number of hydrogen-bond acceptors (Lipinski definition) is 4. The van der Waals surface area contributed by atoms with Crippen molar-refractivity contribution in [1.82, 2.24) is 9.88 Å². The quantitative estimate of drug-likeness (QED) is 0.925. The Balaban J connectivity index is 1.84. The summed E-state index contributed by atoms with van der Waals surface area (Å²) >= 11 is 1.72. The monoisotopic (exact) mass is 302 g/mol. The first-order chi connectivity index (χ1) is 10.1. The summed E-state index contributed by atoms with van der Waals surface area (Å²) in [5, 5.41) is 10.9. The standard InChI is InChI=1S/C15H14N2O3S/c1-9-11-5-7-21-13(11)4-6-17(9)14(18)12-3-2-10(8-16-12)15(19)20/h2-3,5,7-9H,4,6H2,1H3,(H,19,20). The van der Waals surface area contributed by atoms with Gasteiger partial charge in [-0.2, -0.15) is 0 Å². The van der Waals surface area contributed by atoms with E-state index in [0.29, 0.717) is 6.54 Å². The van der Waals surface area contributed by atoms with Crippen LogP contribution in [-0.2, 0) is 6.42 Å². The fourth-order valence-electron chi connectivity index (χ4n) is 2.58. The van der Waals surface area contributed by atoms with Gasteiger partial charge in [-0.05, 0) is 42.5 Å². The Bertz CT molecular complexity index is 693. The summed E-state index contributed by atoms with van der Waals surface area (Å²) < 4.78 is 0. The molecule has 0 fully saturated rings. The first-order valence-corrected chi connectivity index (χ1v) is 7.52. The van der Waals surface area contributed by atoms with Crippen LogP contribution in [0.3, 0.4) is 0 Å². The van der Waals surface area contributed by atoms with Crippen molar-refractivity contribution in [3.8, 4) is 0 Å². The Morgan fingerprint density at radius 1 is 1.38 bits per heavy atom. The van der Waals surface area contributed by atoms with Gasteiger partial charge in [0.15, 0.2) is 0 Å². The van der Waals surface area contributed by atoms with E-state index in [1.807, 2.05) is 6.92 Å². The minimum Gasteiger partial charge on any atom is -0.478 e. The fourth-order valence-corrected chi connectivity index (χ4v) is 3.54. The van der Waals surface area contributed by atoms with Gasteiger partial charge in [-0.25, -0.2) is 4.79 Å². The number of aromatic nitrogens is 1. The SMILES string of the molecule is CC1c2ccsc2CCN1C(=O)c1ccc(C(=O)O)cn1. The molecule has 0 aliphatic carbocycles. The summed E-state index contributed by atoms with van der Waals surface area (Å²) in [6.45, 7) is 2.67. The third-order valence-corrected chi connectivity index (χ3v) is 4.76. The number of fused-ring (bicyclic) bond motifs is 1. The Morgan fingerprint density at radius 3 is 2.86 bits per heavy atom. The van der Waals surface area contributed by atoms with Gasteiger partial charge in [0.05, 0.1) is 11.6 Å². The third-order valence-electron chi connectivity index (χ3n) is 3.77. The van der Waals surface area contributed by atoms with E-state index in [1.54, 1.807) is 16.2 Å². The van der Waals surface area contributed by atoms with Crippen LogP contribution in [0.2, 0.25) is 0 Å². The van der Waals surface area contributed by atoms with Gasteiger partial charge in [0.1, 0.15) is 5.69 Å². The highest BCUT2D eigenvalue weighted by Gasteiger charge is 2.29. The third kappa shape index (κ3) is 2.42. The second-order valence-electron chi connectivity index (χ2n) is 4.96. The van der Waals surface area contributed by atoms with Gasteiger partial charge in [-0.3, -0.25) is 9.78 Å². The Morgan fingerprint density at radius 2 is 2.19 bits per heavy atom. The van der Waals surface area contributed by atoms with Crippen LogP contribution in [0.25, 0.3) is 0 Å². The van der Waals surface area contributed by atoms with Gasteiger partial charge in [0.25, 0.3) is 5.91 Å². The first-order valence-electron chi connectivity index (χ1n) is 6.64. The van der Waals surface area contributed by atoms with E-state index in [2.05, 4.69) is 16.4 Å². The van der Waals surface area contributed by atoms with Crippen molar-refractivity contribution in [3.63, 3.8) is 0 Å². The second-order valence-corrected chi connectivity index (χ2v) is 5.96. The number of amides is 1. The molecule has 1 amide bonds. The van der Waals surface area contributed by atoms with E-state index >= 15 is 0 Å². The number of aromatic carboxylic acids is 1. The Kier molecular flexibility index (Phi) is 3.47. The smallest absolute Gasteiger partial charge is 0.337 e. The number of pyridine rings is 1. The molecule has 0 saturated carbocycles. The lowest BCUT2D eigenvalue weighted by Crippen LogP contribution is -2.38. The number of rotatable bonds is 2. The molecule has 2 aromatic heterocycles. The highest BCUT2D eigenvalue weighted by atomic mass is 32.1. The molecule has 0 spiro atoms. The highest BCUT2D eigenvalue weighted by molar-refractivity contribution is 7.10. The zero-order valence-electron chi connectivity index (χ0n) is 11.4.